The van der Waals surface area contributed by atoms with Crippen LogP contribution in [0.15, 0.2) is 60.7 Å². The number of aliphatic carboxylic acids is 1. The molecule has 3 aromatic carbocycles. The van der Waals surface area contributed by atoms with Gasteiger partial charge in [0.25, 0.3) is 0 Å². The Morgan fingerprint density at radius 3 is 2.18 bits per heavy atom. The van der Waals surface area contributed by atoms with E-state index in [1.54, 1.807) is 12.1 Å². The summed E-state index contributed by atoms with van der Waals surface area (Å²) in [6.07, 6.45) is 1.24. The van der Waals surface area contributed by atoms with Gasteiger partial charge in [-0.2, -0.15) is 0 Å². The molecule has 4 unspecified atom stereocenters. The van der Waals surface area contributed by atoms with Crippen LogP contribution in [0.3, 0.4) is 0 Å². The van der Waals surface area contributed by atoms with Crippen molar-refractivity contribution in [3.8, 4) is 5.75 Å². The number of carbonyl (C=O) groups is 3. The third-order valence-electron chi connectivity index (χ3n) is 8.41. The molecular formula is C32H34N2O5. The zero-order chi connectivity index (χ0) is 28.1. The van der Waals surface area contributed by atoms with Crippen molar-refractivity contribution in [3.63, 3.8) is 0 Å². The third-order valence-corrected chi connectivity index (χ3v) is 8.41. The van der Waals surface area contributed by atoms with Gasteiger partial charge in [-0.25, -0.2) is 4.90 Å². The zero-order valence-electron chi connectivity index (χ0n) is 22.7. The Morgan fingerprint density at radius 1 is 0.949 bits per heavy atom. The van der Waals surface area contributed by atoms with Gasteiger partial charge in [0.2, 0.25) is 11.8 Å². The molecule has 0 bridgehead atoms. The maximum absolute atomic E-state index is 14.4. The molecule has 2 saturated heterocycles. The first-order valence-corrected chi connectivity index (χ1v) is 13.5. The molecule has 2 aliphatic heterocycles. The molecule has 4 atom stereocenters. The molecule has 0 radical (unpaired) electrons. The molecular weight excluding hydrogens is 492 g/mol. The average molecular weight is 527 g/mol. The van der Waals surface area contributed by atoms with E-state index >= 15 is 0 Å². The van der Waals surface area contributed by atoms with Crippen LogP contribution in [-0.4, -0.2) is 33.5 Å². The van der Waals surface area contributed by atoms with Crippen molar-refractivity contribution in [1.82, 2.24) is 5.32 Å². The molecule has 2 fully saturated rings. The minimum Gasteiger partial charge on any atom is -0.508 e. The van der Waals surface area contributed by atoms with Crippen molar-refractivity contribution in [2.75, 3.05) is 4.90 Å². The number of para-hydroxylation sites is 1. The predicted octanol–water partition coefficient (Wildman–Crippen LogP) is 4.65. The highest BCUT2D eigenvalue weighted by Gasteiger charge is 2.69. The Morgan fingerprint density at radius 2 is 1.59 bits per heavy atom. The monoisotopic (exact) mass is 526 g/mol. The van der Waals surface area contributed by atoms with E-state index in [0.29, 0.717) is 24.1 Å². The van der Waals surface area contributed by atoms with Gasteiger partial charge in [-0.05, 0) is 66.6 Å². The van der Waals surface area contributed by atoms with Crippen LogP contribution in [0.1, 0.15) is 53.3 Å². The molecule has 39 heavy (non-hydrogen) atoms. The molecule has 7 nitrogen and oxygen atoms in total. The van der Waals surface area contributed by atoms with E-state index in [1.165, 1.54) is 17.0 Å². The number of anilines is 1. The lowest BCUT2D eigenvalue weighted by molar-refractivity contribution is -0.148. The van der Waals surface area contributed by atoms with Gasteiger partial charge in [-0.1, -0.05) is 67.9 Å². The number of imide groups is 1. The van der Waals surface area contributed by atoms with Crippen molar-refractivity contribution in [1.29, 1.82) is 0 Å². The standard InChI is InChI=1S/C32H34N2O5/c1-5-21-8-7-9-22(6-2)28(21)34-29(36)25-26(30(34)37)32(31(38)39,17-20-12-14-23(35)15-13-20)33-27(25)24-16-18(3)10-11-19(24)4/h7-16,25-27,33,35H,5-6,17H2,1-4H3,(H,38,39). The second kappa shape index (κ2) is 9.97. The molecule has 3 N–H and O–H groups in total. The maximum atomic E-state index is 14.4. The van der Waals surface area contributed by atoms with Gasteiger partial charge in [0, 0.05) is 12.5 Å². The summed E-state index contributed by atoms with van der Waals surface area (Å²) in [4.78, 5) is 43.2. The van der Waals surface area contributed by atoms with Gasteiger partial charge in [0.05, 0.1) is 17.5 Å². The molecule has 3 aromatic rings. The molecule has 5 rings (SSSR count). The van der Waals surface area contributed by atoms with Gasteiger partial charge in [0.15, 0.2) is 0 Å². The number of aryl methyl sites for hydroxylation is 4. The third kappa shape index (κ3) is 4.21. The summed E-state index contributed by atoms with van der Waals surface area (Å²) in [5, 5.41) is 23.9. The van der Waals surface area contributed by atoms with E-state index in [9.17, 15) is 24.6 Å². The number of phenols is 1. The first kappa shape index (κ1) is 26.6. The topological polar surface area (TPSA) is 107 Å². The number of nitrogens with zero attached hydrogens (tertiary/aromatic N) is 1. The number of nitrogens with one attached hydrogen (secondary N) is 1. The van der Waals surface area contributed by atoms with Crippen LogP contribution in [0.2, 0.25) is 0 Å². The van der Waals surface area contributed by atoms with Crippen LogP contribution < -0.4 is 10.2 Å². The Labute approximate surface area is 228 Å². The Balaban J connectivity index is 1.72. The second-order valence-electron chi connectivity index (χ2n) is 10.7. The summed E-state index contributed by atoms with van der Waals surface area (Å²) >= 11 is 0. The lowest BCUT2D eigenvalue weighted by Crippen LogP contribution is -2.57. The Hall–Kier alpha value is -3.97. The summed E-state index contributed by atoms with van der Waals surface area (Å²) in [5.74, 6) is -3.97. The van der Waals surface area contributed by atoms with Crippen LogP contribution in [0, 0.1) is 25.7 Å². The highest BCUT2D eigenvalue weighted by Crippen LogP contribution is 2.52. The maximum Gasteiger partial charge on any atom is 0.325 e. The molecule has 202 valence electrons. The number of hydrogen-bond donors (Lipinski definition) is 3. The number of carboxylic acids is 1. The van der Waals surface area contributed by atoms with Crippen LogP contribution in [0.4, 0.5) is 5.69 Å². The van der Waals surface area contributed by atoms with Crippen molar-refractivity contribution in [3.05, 3.63) is 94.0 Å². The minimum absolute atomic E-state index is 0.0198. The van der Waals surface area contributed by atoms with Crippen LogP contribution >= 0.6 is 0 Å². The van der Waals surface area contributed by atoms with E-state index < -0.39 is 35.3 Å². The zero-order valence-corrected chi connectivity index (χ0v) is 22.7. The van der Waals surface area contributed by atoms with Gasteiger partial charge in [0.1, 0.15) is 11.3 Å². The first-order valence-electron chi connectivity index (χ1n) is 13.5. The molecule has 2 heterocycles. The number of carbonyl (C=O) groups excluding carboxylic acids is 2. The van der Waals surface area contributed by atoms with Crippen LogP contribution in [-0.2, 0) is 33.6 Å². The number of amides is 2. The fourth-order valence-electron chi connectivity index (χ4n) is 6.46. The van der Waals surface area contributed by atoms with Gasteiger partial charge in [-0.3, -0.25) is 19.7 Å². The summed E-state index contributed by atoms with van der Waals surface area (Å²) in [5.41, 5.74) is 4.00. The number of rotatable bonds is 7. The molecule has 0 aromatic heterocycles. The fourth-order valence-corrected chi connectivity index (χ4v) is 6.46. The summed E-state index contributed by atoms with van der Waals surface area (Å²) in [6.45, 7) is 7.86. The van der Waals surface area contributed by atoms with E-state index in [4.69, 9.17) is 0 Å². The quantitative estimate of drug-likeness (QED) is 0.387. The average Bonchev–Trinajstić information content (AvgIpc) is 3.39. The largest absolute Gasteiger partial charge is 0.508 e. The predicted molar refractivity (Wildman–Crippen MR) is 149 cm³/mol. The number of benzene rings is 3. The molecule has 0 spiro atoms. The number of hydrogen-bond acceptors (Lipinski definition) is 5. The first-order chi connectivity index (χ1) is 18.6. The van der Waals surface area contributed by atoms with Gasteiger partial charge >= 0.3 is 5.97 Å². The SMILES string of the molecule is CCc1cccc(CC)c1N1C(=O)C2C(c3cc(C)ccc3C)NC(Cc3ccc(O)cc3)(C(=O)O)C2C1=O. The Bertz CT molecular complexity index is 1440. The molecule has 0 saturated carbocycles. The number of fused-ring (bicyclic) bond motifs is 1. The molecule has 2 aliphatic rings. The van der Waals surface area contributed by atoms with Crippen LogP contribution in [0.5, 0.6) is 5.75 Å². The lowest BCUT2D eigenvalue weighted by Gasteiger charge is -2.32. The van der Waals surface area contributed by atoms with Crippen molar-refractivity contribution >= 4 is 23.5 Å². The number of phenolic OH excluding ortho intramolecular Hbond substituents is 1. The highest BCUT2D eigenvalue weighted by atomic mass is 16.4. The van der Waals surface area contributed by atoms with E-state index in [1.807, 2.05) is 64.1 Å². The highest BCUT2D eigenvalue weighted by molar-refractivity contribution is 6.25. The van der Waals surface area contributed by atoms with Gasteiger partial charge < -0.3 is 10.2 Å². The molecule has 0 aliphatic carbocycles. The molecule has 2 amide bonds. The van der Waals surface area contributed by atoms with Crippen LogP contribution in [0.25, 0.3) is 0 Å². The summed E-state index contributed by atoms with van der Waals surface area (Å²) in [6, 6.07) is 17.3. The Kier molecular flexibility index (Phi) is 6.81. The van der Waals surface area contributed by atoms with Crippen molar-refractivity contribution in [2.24, 2.45) is 11.8 Å². The van der Waals surface area contributed by atoms with E-state index in [0.717, 1.165) is 27.8 Å². The fraction of sp³-hybridized carbons (Fsp3) is 0.344. The smallest absolute Gasteiger partial charge is 0.325 e. The minimum atomic E-state index is -1.72. The van der Waals surface area contributed by atoms with Gasteiger partial charge in [-0.15, -0.1) is 0 Å². The number of aromatic hydroxyl groups is 1. The van der Waals surface area contributed by atoms with E-state index in [2.05, 4.69) is 5.32 Å². The summed E-state index contributed by atoms with van der Waals surface area (Å²) in [7, 11) is 0. The summed E-state index contributed by atoms with van der Waals surface area (Å²) < 4.78 is 0. The number of carboxylic acid groups (broad SMARTS) is 1. The van der Waals surface area contributed by atoms with E-state index in [-0.39, 0.29) is 18.1 Å². The van der Waals surface area contributed by atoms with Crippen molar-refractivity contribution < 1.29 is 24.6 Å². The molecule has 7 heteroatoms. The normalized spacial score (nSPS) is 24.3. The lowest BCUT2D eigenvalue weighted by atomic mass is 9.76. The van der Waals surface area contributed by atoms with Crippen molar-refractivity contribution in [2.45, 2.75) is 58.5 Å². The second-order valence-corrected chi connectivity index (χ2v) is 10.7.